The van der Waals surface area contributed by atoms with Crippen LogP contribution in [0.15, 0.2) is 4.47 Å². The summed E-state index contributed by atoms with van der Waals surface area (Å²) in [4.78, 5) is 2.98. The third kappa shape index (κ3) is 5.14. The van der Waals surface area contributed by atoms with E-state index in [0.717, 1.165) is 42.8 Å². The van der Waals surface area contributed by atoms with Crippen LogP contribution in [-0.4, -0.2) is 32.8 Å². The quantitative estimate of drug-likeness (QED) is 0.723. The lowest BCUT2D eigenvalue weighted by Gasteiger charge is -2.24. The average Bonchev–Trinajstić information content (AvgIpc) is 2.62. The van der Waals surface area contributed by atoms with Crippen LogP contribution in [0, 0.1) is 12.8 Å². The van der Waals surface area contributed by atoms with Gasteiger partial charge in [0.1, 0.15) is 0 Å². The molecule has 0 radical (unpaired) electrons. The zero-order chi connectivity index (χ0) is 15.3. The van der Waals surface area contributed by atoms with Gasteiger partial charge in [-0.2, -0.15) is 5.10 Å². The summed E-state index contributed by atoms with van der Waals surface area (Å²) >= 11 is 8.65. The van der Waals surface area contributed by atoms with Crippen molar-refractivity contribution in [3.63, 3.8) is 0 Å². The molecule has 0 atom stereocenters. The van der Waals surface area contributed by atoms with Crippen molar-refractivity contribution >= 4 is 33.1 Å². The lowest BCUT2D eigenvalue weighted by Crippen LogP contribution is -2.31. The molecule has 4 nitrogen and oxygen atoms in total. The van der Waals surface area contributed by atoms with Crippen molar-refractivity contribution in [2.24, 2.45) is 11.7 Å². The highest BCUT2D eigenvalue weighted by atomic mass is 79.9. The van der Waals surface area contributed by atoms with Gasteiger partial charge in [-0.1, -0.05) is 26.1 Å². The van der Waals surface area contributed by atoms with Gasteiger partial charge in [0.25, 0.3) is 0 Å². The number of aryl methyl sites for hydroxylation is 2. The minimum absolute atomic E-state index is 0.581. The van der Waals surface area contributed by atoms with Gasteiger partial charge >= 0.3 is 0 Å². The van der Waals surface area contributed by atoms with Crippen molar-refractivity contribution in [3.8, 4) is 0 Å². The Morgan fingerprint density at radius 1 is 1.50 bits per heavy atom. The Balaban J connectivity index is 2.85. The van der Waals surface area contributed by atoms with Crippen molar-refractivity contribution < 1.29 is 0 Å². The van der Waals surface area contributed by atoms with E-state index in [1.807, 2.05) is 6.92 Å². The van der Waals surface area contributed by atoms with E-state index >= 15 is 0 Å². The number of rotatable bonds is 8. The van der Waals surface area contributed by atoms with Gasteiger partial charge in [0.05, 0.1) is 20.8 Å². The van der Waals surface area contributed by atoms with Gasteiger partial charge in [-0.05, 0) is 35.7 Å². The fourth-order valence-electron chi connectivity index (χ4n) is 2.25. The Labute approximate surface area is 135 Å². The first-order valence-electron chi connectivity index (χ1n) is 7.07. The minimum Gasteiger partial charge on any atom is -0.393 e. The molecule has 0 bridgehead atoms. The zero-order valence-electron chi connectivity index (χ0n) is 12.8. The summed E-state index contributed by atoms with van der Waals surface area (Å²) in [5.74, 6) is 0.610. The second-order valence-corrected chi connectivity index (χ2v) is 6.82. The molecule has 1 rings (SSSR count). The van der Waals surface area contributed by atoms with Crippen LogP contribution in [0.25, 0.3) is 0 Å². The van der Waals surface area contributed by atoms with Crippen molar-refractivity contribution in [1.29, 1.82) is 0 Å². The Morgan fingerprint density at radius 2 is 2.15 bits per heavy atom. The first kappa shape index (κ1) is 17.6. The van der Waals surface area contributed by atoms with Gasteiger partial charge in [-0.25, -0.2) is 0 Å². The van der Waals surface area contributed by atoms with E-state index in [-0.39, 0.29) is 0 Å². The molecule has 114 valence electrons. The first-order chi connectivity index (χ1) is 9.35. The van der Waals surface area contributed by atoms with Crippen molar-refractivity contribution in [2.45, 2.75) is 47.2 Å². The molecule has 0 saturated carbocycles. The molecule has 0 unspecified atom stereocenters. The van der Waals surface area contributed by atoms with Crippen LogP contribution < -0.4 is 5.73 Å². The lowest BCUT2D eigenvalue weighted by molar-refractivity contribution is 0.235. The molecular formula is C14H25BrN4S. The van der Waals surface area contributed by atoms with Gasteiger partial charge in [0, 0.05) is 32.6 Å². The van der Waals surface area contributed by atoms with Crippen LogP contribution in [0.1, 0.15) is 38.6 Å². The number of nitrogens with zero attached hydrogens (tertiary/aromatic N) is 3. The number of hydrogen-bond acceptors (Lipinski definition) is 3. The monoisotopic (exact) mass is 360 g/mol. The Hall–Kier alpha value is -0.460. The predicted molar refractivity (Wildman–Crippen MR) is 91.9 cm³/mol. The second kappa shape index (κ2) is 8.10. The van der Waals surface area contributed by atoms with Crippen LogP contribution in [0.5, 0.6) is 0 Å². The Bertz CT molecular complexity index is 456. The van der Waals surface area contributed by atoms with E-state index in [1.165, 1.54) is 5.69 Å². The topological polar surface area (TPSA) is 47.1 Å². The molecule has 20 heavy (non-hydrogen) atoms. The predicted octanol–water partition coefficient (Wildman–Crippen LogP) is 3.11. The summed E-state index contributed by atoms with van der Waals surface area (Å²) in [6, 6.07) is 0. The third-order valence-electron chi connectivity index (χ3n) is 3.12. The van der Waals surface area contributed by atoms with E-state index in [4.69, 9.17) is 18.0 Å². The van der Waals surface area contributed by atoms with Crippen LogP contribution in [0.4, 0.5) is 0 Å². The summed E-state index contributed by atoms with van der Waals surface area (Å²) in [5.41, 5.74) is 7.91. The normalized spacial score (nSPS) is 11.6. The van der Waals surface area contributed by atoms with Gasteiger partial charge in [0.2, 0.25) is 0 Å². The van der Waals surface area contributed by atoms with E-state index in [0.29, 0.717) is 10.9 Å². The lowest BCUT2D eigenvalue weighted by atomic mass is 10.2. The highest BCUT2D eigenvalue weighted by molar-refractivity contribution is 9.10. The number of hydrogen-bond donors (Lipinski definition) is 1. The number of nitrogens with two attached hydrogens (primary N) is 1. The molecule has 0 aliphatic carbocycles. The molecule has 0 aliphatic rings. The molecule has 0 aromatic carbocycles. The van der Waals surface area contributed by atoms with Gasteiger partial charge in [-0.15, -0.1) is 0 Å². The molecule has 2 N–H and O–H groups in total. The maximum atomic E-state index is 5.63. The van der Waals surface area contributed by atoms with Gasteiger partial charge < -0.3 is 5.73 Å². The zero-order valence-corrected chi connectivity index (χ0v) is 15.2. The van der Waals surface area contributed by atoms with Crippen LogP contribution in [0.2, 0.25) is 0 Å². The standard InChI is InChI=1S/C14H25BrN4S/c1-5-19-12(14(15)11(4)17-19)9-18(8-10(2)3)7-6-13(16)20/h10H,5-9H2,1-4H3,(H2,16,20). The van der Waals surface area contributed by atoms with E-state index < -0.39 is 0 Å². The second-order valence-electron chi connectivity index (χ2n) is 5.51. The number of halogens is 1. The SMILES string of the molecule is CCn1nc(C)c(Br)c1CN(CCC(N)=S)CC(C)C. The molecule has 0 fully saturated rings. The van der Waals surface area contributed by atoms with E-state index in [2.05, 4.69) is 51.4 Å². The molecular weight excluding hydrogens is 336 g/mol. The van der Waals surface area contributed by atoms with Crippen molar-refractivity contribution in [1.82, 2.24) is 14.7 Å². The van der Waals surface area contributed by atoms with Crippen molar-refractivity contribution in [3.05, 3.63) is 15.9 Å². The third-order valence-corrected chi connectivity index (χ3v) is 4.36. The molecule has 1 aromatic rings. The van der Waals surface area contributed by atoms with E-state index in [1.54, 1.807) is 0 Å². The summed E-state index contributed by atoms with van der Waals surface area (Å²) in [5, 5.41) is 4.55. The molecule has 0 aliphatic heterocycles. The average molecular weight is 361 g/mol. The smallest absolute Gasteiger partial charge is 0.0740 e. The van der Waals surface area contributed by atoms with Crippen molar-refractivity contribution in [2.75, 3.05) is 13.1 Å². The van der Waals surface area contributed by atoms with Gasteiger partial charge in [0.15, 0.2) is 0 Å². The summed E-state index contributed by atoms with van der Waals surface area (Å²) < 4.78 is 3.18. The van der Waals surface area contributed by atoms with Gasteiger partial charge in [-0.3, -0.25) is 9.58 Å². The molecule has 0 saturated heterocycles. The van der Waals surface area contributed by atoms with Crippen LogP contribution in [0.3, 0.4) is 0 Å². The Kier molecular flexibility index (Phi) is 7.12. The minimum atomic E-state index is 0.581. The molecule has 6 heteroatoms. The largest absolute Gasteiger partial charge is 0.393 e. The highest BCUT2D eigenvalue weighted by Crippen LogP contribution is 2.23. The number of thiocarbonyl (C=S) groups is 1. The van der Waals surface area contributed by atoms with Crippen LogP contribution >= 0.6 is 28.1 Å². The molecule has 0 amide bonds. The maximum absolute atomic E-state index is 5.63. The highest BCUT2D eigenvalue weighted by Gasteiger charge is 2.16. The molecule has 0 spiro atoms. The number of aromatic nitrogens is 2. The Morgan fingerprint density at radius 3 is 2.65 bits per heavy atom. The fourth-order valence-corrected chi connectivity index (χ4v) is 2.75. The summed E-state index contributed by atoms with van der Waals surface area (Å²) in [7, 11) is 0. The fraction of sp³-hybridized carbons (Fsp3) is 0.714. The van der Waals surface area contributed by atoms with E-state index in [9.17, 15) is 0 Å². The molecule has 1 aromatic heterocycles. The first-order valence-corrected chi connectivity index (χ1v) is 8.27. The maximum Gasteiger partial charge on any atom is 0.0740 e. The summed E-state index contributed by atoms with van der Waals surface area (Å²) in [6.45, 7) is 12.3. The summed E-state index contributed by atoms with van der Waals surface area (Å²) in [6.07, 6.45) is 0.763. The van der Waals surface area contributed by atoms with Crippen LogP contribution in [-0.2, 0) is 13.1 Å². The molecule has 1 heterocycles.